The maximum absolute atomic E-state index is 14.1. The van der Waals surface area contributed by atoms with Gasteiger partial charge in [0.15, 0.2) is 8.24 Å². The van der Waals surface area contributed by atoms with Crippen molar-refractivity contribution in [1.29, 1.82) is 0 Å². The van der Waals surface area contributed by atoms with Crippen molar-refractivity contribution < 1.29 is 57.4 Å². The number of ether oxygens (including phenoxy) is 3. The Hall–Kier alpha value is -9.53. The molecule has 0 radical (unpaired) electrons. The van der Waals surface area contributed by atoms with E-state index in [4.69, 9.17) is 49.0 Å². The summed E-state index contributed by atoms with van der Waals surface area (Å²) in [4.78, 5) is 128. The SMILES string of the molecule is COc1ccc2c(c1)c(CC(=O)N(C(=O)NC(C)(C)C)C(C)(C)C)c(C)n2C(=O)c1ccc(Cl)cc1.COc1ccc2c(c1)c(CC(=O)N(C(=O)NC1CCCCC1)C1CCCCC1)c(C)n2C(=O)c1ccc(Cl)cc1.COc1ccc2c(c1)c(CC(=O)N(C(=O)N[Si](C)(C)C)[Si](C)(C)C)c(C)n2C(=O)c1ccc(Cl)cc1. The Morgan fingerprint density at radius 2 is 0.786 bits per heavy atom. The number of hydrogen-bond donors (Lipinski definition) is 3. The molecule has 0 unspecified atom stereocenters. The zero-order valence-electron chi connectivity index (χ0n) is 67.7. The van der Waals surface area contributed by atoms with Crippen molar-refractivity contribution in [1.82, 2.24) is 43.7 Å². The highest BCUT2D eigenvalue weighted by Gasteiger charge is 2.40. The second-order valence-corrected chi connectivity index (χ2v) is 43.7. The van der Waals surface area contributed by atoms with Crippen LogP contribution in [0, 0.1) is 20.8 Å². The number of aromatic nitrogens is 3. The molecule has 21 nitrogen and oxygen atoms in total. The third-order valence-corrected chi connectivity index (χ3v) is 23.6. The lowest BCUT2D eigenvalue weighted by atomic mass is 9.93. The molecule has 2 fully saturated rings. The van der Waals surface area contributed by atoms with E-state index in [0.29, 0.717) is 99.2 Å². The van der Waals surface area contributed by atoms with Crippen LogP contribution in [0.2, 0.25) is 54.3 Å². The van der Waals surface area contributed by atoms with Crippen LogP contribution in [0.25, 0.3) is 32.7 Å². The Morgan fingerprint density at radius 3 is 1.11 bits per heavy atom. The van der Waals surface area contributed by atoms with Crippen LogP contribution in [0.5, 0.6) is 17.2 Å². The molecule has 596 valence electrons. The topological polar surface area (TPSA) is 242 Å². The molecule has 2 aliphatic rings. The van der Waals surface area contributed by atoms with Gasteiger partial charge >= 0.3 is 18.1 Å². The van der Waals surface area contributed by atoms with E-state index in [9.17, 15) is 43.2 Å². The van der Waals surface area contributed by atoms with E-state index in [0.717, 1.165) is 74.1 Å². The van der Waals surface area contributed by atoms with E-state index in [-0.39, 0.29) is 78.9 Å². The smallest absolute Gasteiger partial charge is 0.324 e. The van der Waals surface area contributed by atoms with Gasteiger partial charge in [-0.2, -0.15) is 0 Å². The minimum absolute atomic E-state index is 0.0141. The fourth-order valence-corrected chi connectivity index (χ4v) is 17.5. The monoisotopic (exact) mass is 1620 g/mol. The first-order valence-corrected chi connectivity index (χ1v) is 46.1. The average molecular weight is 1620 g/mol. The van der Waals surface area contributed by atoms with Gasteiger partial charge in [0.2, 0.25) is 17.7 Å². The van der Waals surface area contributed by atoms with E-state index in [1.165, 1.54) is 20.8 Å². The molecule has 0 spiro atoms. The number of halogens is 3. The lowest BCUT2D eigenvalue weighted by Crippen LogP contribution is -2.61. The Bertz CT molecular complexity index is 4810. The standard InChI is InChI=1S/C32H38ClN3O4.C28H34ClN3O4.C26H34ClN3O4Si2/c1-21-27(20-30(37)36(25-11-7-4-8-12-25)32(39)34-24-9-5-3-6-10-24)28-19-26(40-2)17-18-29(28)35(21)31(38)22-13-15-23(33)16-14-22;1-17-21(16-24(33)32(28(5,6)7)26(35)30-27(2,3)4)22-15-20(36-8)13-14-23(22)31(17)25(34)18-9-11-19(29)12-10-18;1-17-21(16-24(31)30(36(6,7)8)26(33)28-35(3,4)5)22-15-20(34-2)13-14-23(22)29(17)25(32)18-9-11-19(27)12-10-18/h13-19,24-25H,3-12,20H2,1-2H3,(H,34,39);9-15H,16H2,1-8H3,(H,30,35);9-15H,16H2,1-8H3,(H,28,33). The maximum Gasteiger partial charge on any atom is 0.324 e. The summed E-state index contributed by atoms with van der Waals surface area (Å²) in [6.07, 6.45) is 10.1. The number of carbonyl (C=O) groups is 9. The van der Waals surface area contributed by atoms with Gasteiger partial charge in [-0.05, 0) is 232 Å². The Labute approximate surface area is 674 Å². The summed E-state index contributed by atoms with van der Waals surface area (Å²) >= 11 is 18.1. The van der Waals surface area contributed by atoms with Crippen molar-refractivity contribution in [3.05, 3.63) is 193 Å². The van der Waals surface area contributed by atoms with Gasteiger partial charge < -0.3 is 29.8 Å². The summed E-state index contributed by atoms with van der Waals surface area (Å²) in [7, 11) is 0.402. The van der Waals surface area contributed by atoms with E-state index in [1.807, 2.05) is 131 Å². The highest BCUT2D eigenvalue weighted by Crippen LogP contribution is 2.37. The predicted octanol–water partition coefficient (Wildman–Crippen LogP) is 19.1. The van der Waals surface area contributed by atoms with E-state index >= 15 is 0 Å². The van der Waals surface area contributed by atoms with Gasteiger partial charge in [0.25, 0.3) is 17.7 Å². The first-order chi connectivity index (χ1) is 52.6. The fraction of sp³-hybridized carbons (Fsp3) is 0.407. The Balaban J connectivity index is 0.000000193. The molecule has 0 atom stereocenters. The highest BCUT2D eigenvalue weighted by atomic mass is 35.5. The molecule has 9 amide bonds. The van der Waals surface area contributed by atoms with Crippen LogP contribution in [-0.2, 0) is 33.6 Å². The summed E-state index contributed by atoms with van der Waals surface area (Å²) in [5, 5.41) is 9.92. The molecule has 0 saturated heterocycles. The van der Waals surface area contributed by atoms with Crippen molar-refractivity contribution >= 4 is 138 Å². The first kappa shape index (κ1) is 86.5. The van der Waals surface area contributed by atoms with Gasteiger partial charge in [0.05, 0.1) is 57.1 Å². The zero-order chi connectivity index (χ0) is 82.2. The summed E-state index contributed by atoms with van der Waals surface area (Å²) in [6, 6.07) is 35.4. The number of carbonyl (C=O) groups excluding carboxylic acids is 9. The summed E-state index contributed by atoms with van der Waals surface area (Å²) in [5.74, 6) is 0.300. The van der Waals surface area contributed by atoms with Crippen LogP contribution in [0.1, 0.15) is 171 Å². The number of fused-ring (bicyclic) bond motifs is 3. The third-order valence-electron chi connectivity index (χ3n) is 20.1. The van der Waals surface area contributed by atoms with E-state index in [1.54, 1.807) is 133 Å². The number of rotatable bonds is 16. The highest BCUT2D eigenvalue weighted by molar-refractivity contribution is 6.80. The van der Waals surface area contributed by atoms with Gasteiger partial charge in [-0.3, -0.25) is 56.8 Å². The lowest BCUT2D eigenvalue weighted by molar-refractivity contribution is -0.131. The van der Waals surface area contributed by atoms with Crippen LogP contribution in [-0.4, -0.2) is 143 Å². The summed E-state index contributed by atoms with van der Waals surface area (Å²) in [5.41, 5.74) is 6.21. The predicted molar refractivity (Wildman–Crippen MR) is 450 cm³/mol. The number of urea groups is 3. The molecule has 3 N–H and O–H groups in total. The molecule has 9 aromatic rings. The molecule has 112 heavy (non-hydrogen) atoms. The largest absolute Gasteiger partial charge is 0.497 e. The van der Waals surface area contributed by atoms with E-state index < -0.39 is 33.6 Å². The van der Waals surface area contributed by atoms with Crippen molar-refractivity contribution in [2.24, 2.45) is 0 Å². The number of amides is 9. The molecule has 3 heterocycles. The Morgan fingerprint density at radius 1 is 0.446 bits per heavy atom. The number of hydrogen-bond acceptors (Lipinski definition) is 12. The maximum atomic E-state index is 14.1. The molecule has 0 aliphatic heterocycles. The first-order valence-electron chi connectivity index (χ1n) is 38.0. The number of nitrogens with zero attached hydrogens (tertiary/aromatic N) is 6. The minimum Gasteiger partial charge on any atom is -0.497 e. The number of nitrogens with one attached hydrogen (secondary N) is 3. The van der Waals surface area contributed by atoms with Crippen LogP contribution < -0.4 is 29.8 Å². The molecule has 3 aromatic heterocycles. The van der Waals surface area contributed by atoms with Crippen LogP contribution in [0.4, 0.5) is 14.4 Å². The van der Waals surface area contributed by atoms with Gasteiger partial charge in [0.1, 0.15) is 25.5 Å². The summed E-state index contributed by atoms with van der Waals surface area (Å²) in [6.45, 7) is 28.5. The minimum atomic E-state index is -2.36. The van der Waals surface area contributed by atoms with E-state index in [2.05, 4.69) is 15.6 Å². The number of methoxy groups -OCH3 is 3. The van der Waals surface area contributed by atoms with Crippen molar-refractivity contribution in [3.63, 3.8) is 0 Å². The second-order valence-electron chi connectivity index (χ2n) is 32.8. The molecule has 26 heteroatoms. The molecule has 6 aromatic carbocycles. The molecular formula is C86H106Cl3N9O12Si2. The third kappa shape index (κ3) is 20.6. The average Bonchev–Trinajstić information content (AvgIpc) is 1.63. The molecule has 2 aliphatic carbocycles. The molecular weight excluding hydrogens is 1510 g/mol. The molecule has 0 bridgehead atoms. The van der Waals surface area contributed by atoms with Crippen molar-refractivity contribution in [2.75, 3.05) is 21.3 Å². The lowest BCUT2D eigenvalue weighted by Gasteiger charge is -2.36. The quantitative estimate of drug-likeness (QED) is 0.0765. The molecule has 2 saturated carbocycles. The van der Waals surface area contributed by atoms with Gasteiger partial charge in [-0.1, -0.05) is 113 Å². The number of imide groups is 3. The van der Waals surface area contributed by atoms with Crippen LogP contribution in [0.3, 0.4) is 0 Å². The van der Waals surface area contributed by atoms with Crippen molar-refractivity contribution in [3.8, 4) is 17.2 Å². The molecule has 11 rings (SSSR count). The summed E-state index contributed by atoms with van der Waals surface area (Å²) < 4.78 is 22.6. The van der Waals surface area contributed by atoms with Crippen molar-refractivity contribution in [2.45, 2.75) is 208 Å². The normalized spacial score (nSPS) is 13.6. The fourth-order valence-electron chi connectivity index (χ4n) is 14.7. The van der Waals surface area contributed by atoms with Crippen LogP contribution >= 0.6 is 34.8 Å². The van der Waals surface area contributed by atoms with Crippen LogP contribution in [0.15, 0.2) is 127 Å². The second kappa shape index (κ2) is 36.1. The zero-order valence-corrected chi connectivity index (χ0v) is 72.0. The number of benzene rings is 6. The Kier molecular flexibility index (Phi) is 27.9. The van der Waals surface area contributed by atoms with Gasteiger partial charge in [-0.15, -0.1) is 0 Å². The van der Waals surface area contributed by atoms with Gasteiger partial charge in [0, 0.05) is 88.2 Å². The van der Waals surface area contributed by atoms with Gasteiger partial charge in [-0.25, -0.2) is 14.4 Å².